The van der Waals surface area contributed by atoms with Crippen molar-refractivity contribution < 1.29 is 16.2 Å². The maximum Gasteiger partial charge on any atom is 0.269 e. The predicted octanol–water partition coefficient (Wildman–Crippen LogP) is 20.2. The van der Waals surface area contributed by atoms with E-state index >= 15 is 0 Å². The zero-order chi connectivity index (χ0) is 61.3. The van der Waals surface area contributed by atoms with E-state index in [2.05, 4.69) is 246 Å². The van der Waals surface area contributed by atoms with Gasteiger partial charge in [-0.3, -0.25) is 13.7 Å². The van der Waals surface area contributed by atoms with E-state index in [9.17, 15) is 2.74 Å². The maximum atomic E-state index is 9.42. The third-order valence-electron chi connectivity index (χ3n) is 16.6. The number of para-hydroxylation sites is 2. The Morgan fingerprint density at radius 1 is 0.434 bits per heavy atom. The largest absolute Gasteiger partial charge is 0.458 e. The van der Waals surface area contributed by atoms with Gasteiger partial charge in [-0.05, 0) is 154 Å². The van der Waals surface area contributed by atoms with Gasteiger partial charge >= 0.3 is 0 Å². The Labute approximate surface area is 494 Å². The van der Waals surface area contributed by atoms with Gasteiger partial charge in [0.25, 0.3) is 6.33 Å². The molecule has 13 aromatic rings. The van der Waals surface area contributed by atoms with Crippen LogP contribution >= 0.6 is 0 Å². The minimum absolute atomic E-state index is 0.0624. The Morgan fingerprint density at radius 2 is 1.05 bits per heavy atom. The third-order valence-corrected chi connectivity index (χ3v) is 16.6. The molecule has 0 saturated heterocycles. The molecule has 0 atom stereocenters. The number of pyridine rings is 1. The Bertz CT molecular complexity index is 4970. The Kier molecular flexibility index (Phi) is 10.9. The molecule has 0 N–H and O–H groups in total. The van der Waals surface area contributed by atoms with E-state index in [0.29, 0.717) is 17.1 Å². The van der Waals surface area contributed by atoms with Crippen LogP contribution in [0.3, 0.4) is 0 Å². The molecular weight excluding hydrogens is 1010 g/mol. The molecule has 0 fully saturated rings. The second-order valence-corrected chi connectivity index (χ2v) is 25.1. The molecule has 83 heavy (non-hydrogen) atoms. The lowest BCUT2D eigenvalue weighted by Gasteiger charge is -2.22. The molecule has 4 heterocycles. The zero-order valence-corrected chi connectivity index (χ0v) is 48.3. The van der Waals surface area contributed by atoms with E-state index in [1.807, 2.05) is 42.6 Å². The highest BCUT2D eigenvalue weighted by Gasteiger charge is 2.29. The lowest BCUT2D eigenvalue weighted by molar-refractivity contribution is -0.570. The summed E-state index contributed by atoms with van der Waals surface area (Å²) in [5.74, 6) is 2.16. The number of aromatic nitrogens is 4. The van der Waals surface area contributed by atoms with Gasteiger partial charge in [-0.25, -0.2) is 4.98 Å². The van der Waals surface area contributed by atoms with Crippen LogP contribution in [-0.4, -0.2) is 14.1 Å². The first kappa shape index (κ1) is 46.1. The van der Waals surface area contributed by atoms with Crippen molar-refractivity contribution in [2.45, 2.75) is 78.6 Å². The van der Waals surface area contributed by atoms with Gasteiger partial charge in [0.15, 0.2) is 0 Å². The van der Waals surface area contributed by atoms with Crippen LogP contribution in [0.5, 0.6) is 11.5 Å². The van der Waals surface area contributed by atoms with Crippen LogP contribution in [0.4, 0.5) is 0 Å². The minimum atomic E-state index is -0.436. The van der Waals surface area contributed by atoms with Gasteiger partial charge in [0, 0.05) is 23.0 Å². The monoisotopic (exact) mass is 1080 g/mol. The fourth-order valence-electron chi connectivity index (χ4n) is 12.2. The van der Waals surface area contributed by atoms with Crippen LogP contribution in [0.2, 0.25) is 0 Å². The van der Waals surface area contributed by atoms with Crippen molar-refractivity contribution >= 4 is 32.8 Å². The Hall–Kier alpha value is -9.58. The summed E-state index contributed by atoms with van der Waals surface area (Å²) in [6, 6.07) is 68.5. The second kappa shape index (κ2) is 19.6. The number of hydrogen-bond donors (Lipinski definition) is 0. The number of ether oxygens (including phenoxy) is 1. The summed E-state index contributed by atoms with van der Waals surface area (Å²) in [5, 5.41) is 2.23. The molecule has 1 aliphatic heterocycles. The zero-order valence-electron chi connectivity index (χ0n) is 53.3. The first-order chi connectivity index (χ1) is 42.1. The van der Waals surface area contributed by atoms with E-state index in [1.54, 1.807) is 0 Å². The summed E-state index contributed by atoms with van der Waals surface area (Å²) >= 11 is 0. The van der Waals surface area contributed by atoms with Gasteiger partial charge in [-0.2, -0.15) is 0 Å². The molecule has 0 amide bonds. The molecule has 10 aromatic carbocycles. The van der Waals surface area contributed by atoms with E-state index in [1.165, 1.54) is 16.7 Å². The normalized spacial score (nSPS) is 13.2. The van der Waals surface area contributed by atoms with Crippen molar-refractivity contribution in [3.8, 4) is 95.5 Å². The van der Waals surface area contributed by atoms with Crippen LogP contribution in [0, 0.1) is 6.33 Å². The topological polar surface area (TPSA) is 35.9 Å². The molecule has 5 nitrogen and oxygen atoms in total. The smallest absolute Gasteiger partial charge is 0.269 e. The molecule has 3 aromatic heterocycles. The Morgan fingerprint density at radius 3 is 1.78 bits per heavy atom. The molecule has 14 rings (SSSR count). The van der Waals surface area contributed by atoms with Crippen molar-refractivity contribution in [1.29, 1.82) is 0 Å². The number of fused-ring (bicyclic) bond motifs is 10. The van der Waals surface area contributed by atoms with Crippen molar-refractivity contribution in [3.05, 3.63) is 260 Å². The Balaban J connectivity index is 1.04. The van der Waals surface area contributed by atoms with Crippen LogP contribution in [0.1, 0.15) is 85.9 Å². The van der Waals surface area contributed by atoms with Gasteiger partial charge < -0.3 is 4.74 Å². The van der Waals surface area contributed by atoms with E-state index < -0.39 is 6.04 Å². The lowest BCUT2D eigenvalue weighted by Crippen LogP contribution is -2.32. The van der Waals surface area contributed by atoms with Crippen molar-refractivity contribution in [1.82, 2.24) is 14.1 Å². The standard InChI is InChI=1S/C78H66N4O/c1-76(2,3)54-36-32-50(33-37-54)53-44-68-62-24-13-14-26-65(62)73-60(51-20-11-10-12-21-51)27-18-29-66(73)67-30-19-28-61(52-34-38-55(39-35-52)77(4,5)6)74(67)81-49-80(71(45-53)75(68)81)57-22-17-23-58(47-57)83-59-40-41-64-63-25-15-16-31-69(63)82(70(64)48-59)72-46-56(42-43-79-72)78(7,8)9/h10-48H,1-9H3/i10D,11D,12D,20D,21D. The van der Waals surface area contributed by atoms with Crippen molar-refractivity contribution in [3.63, 3.8) is 0 Å². The molecule has 0 radical (unpaired) electrons. The maximum absolute atomic E-state index is 9.42. The predicted molar refractivity (Wildman–Crippen MR) is 345 cm³/mol. The fourth-order valence-corrected chi connectivity index (χ4v) is 12.2. The minimum Gasteiger partial charge on any atom is -0.458 e. The van der Waals surface area contributed by atoms with E-state index in [-0.39, 0.29) is 46.0 Å². The SMILES string of the molecule is [2H]c1c([2H])c([2H])c(-c2cccc3c2-c2ccccc2-c2cc(-c4ccc(C(C)(C)C)cc4)cc4c2[n+]([c-]n4-c2cccc(Oc4ccc5c6ccccc6n(-c6cc(C(C)(C)C)ccn6)c5c4)c2)-c2c(-c4ccc(C(C)(C)C)cc4)cccc2-3)c([2H])c1[2H]. The molecule has 5 heteroatoms. The number of hydrogen-bond acceptors (Lipinski definition) is 2. The molecular formula is C78H66N4O. The second-order valence-electron chi connectivity index (χ2n) is 25.1. The summed E-state index contributed by atoms with van der Waals surface area (Å²) in [6.07, 6.45) is 5.91. The molecule has 0 spiro atoms. The van der Waals surface area contributed by atoms with Crippen molar-refractivity contribution in [2.24, 2.45) is 0 Å². The number of benzene rings is 10. The van der Waals surface area contributed by atoms with Gasteiger partial charge in [0.2, 0.25) is 0 Å². The van der Waals surface area contributed by atoms with Crippen LogP contribution in [-0.2, 0) is 16.2 Å². The quantitative estimate of drug-likeness (QED) is 0.118. The average Bonchev–Trinajstić information content (AvgIpc) is 1.53. The number of rotatable bonds is 7. The molecule has 0 saturated carbocycles. The van der Waals surface area contributed by atoms with Gasteiger partial charge in [-0.1, -0.05) is 232 Å². The van der Waals surface area contributed by atoms with Gasteiger partial charge in [0.1, 0.15) is 17.3 Å². The highest BCUT2D eigenvalue weighted by molar-refractivity contribution is 6.10. The van der Waals surface area contributed by atoms with Gasteiger partial charge in [-0.15, -0.1) is 0 Å². The summed E-state index contributed by atoms with van der Waals surface area (Å²) in [6.45, 7) is 20.0. The number of imidazole rings is 1. The van der Waals surface area contributed by atoms with Crippen LogP contribution in [0.25, 0.3) is 117 Å². The van der Waals surface area contributed by atoms with Crippen molar-refractivity contribution in [2.75, 3.05) is 0 Å². The summed E-state index contributed by atoms with van der Waals surface area (Å²) in [7, 11) is 0. The van der Waals surface area contributed by atoms with E-state index in [4.69, 9.17) is 13.8 Å². The first-order valence-electron chi connectivity index (χ1n) is 31.1. The van der Waals surface area contributed by atoms with Crippen LogP contribution < -0.4 is 9.30 Å². The number of nitrogens with zero attached hydrogens (tertiary/aromatic N) is 4. The highest BCUT2D eigenvalue weighted by atomic mass is 16.5. The highest BCUT2D eigenvalue weighted by Crippen LogP contribution is 2.50. The summed E-state index contributed by atoms with van der Waals surface area (Å²) in [4.78, 5) is 4.94. The fraction of sp³-hybridized carbons (Fsp3) is 0.154. The molecule has 0 bridgehead atoms. The van der Waals surface area contributed by atoms with E-state index in [0.717, 1.165) is 106 Å². The average molecular weight is 1080 g/mol. The van der Waals surface area contributed by atoms with Gasteiger partial charge in [0.05, 0.1) is 40.3 Å². The summed E-state index contributed by atoms with van der Waals surface area (Å²) < 4.78 is 58.9. The molecule has 0 aliphatic carbocycles. The van der Waals surface area contributed by atoms with Crippen LogP contribution in [0.15, 0.2) is 237 Å². The molecule has 1 aliphatic rings. The lowest BCUT2D eigenvalue weighted by atomic mass is 9.83. The molecule has 404 valence electrons. The first-order valence-corrected chi connectivity index (χ1v) is 28.6. The summed E-state index contributed by atoms with van der Waals surface area (Å²) in [5.41, 5.74) is 18.7. The third kappa shape index (κ3) is 9.03. The molecule has 0 unspecified atom stereocenters.